The summed E-state index contributed by atoms with van der Waals surface area (Å²) >= 11 is 0. The molecule has 0 saturated heterocycles. The number of rotatable bonds is 6. The van der Waals surface area contributed by atoms with Crippen molar-refractivity contribution in [2.24, 2.45) is 0 Å². The molecule has 0 fully saturated rings. The number of aliphatic hydroxyl groups is 1. The fraction of sp³-hybridized carbons (Fsp3) is 0.150. The van der Waals surface area contributed by atoms with Gasteiger partial charge in [-0.05, 0) is 30.2 Å². The van der Waals surface area contributed by atoms with Gasteiger partial charge in [-0.2, -0.15) is 0 Å². The molecule has 1 amide bonds. The van der Waals surface area contributed by atoms with Crippen LogP contribution in [0.2, 0.25) is 0 Å². The molecule has 0 atom stereocenters. The molecule has 6 nitrogen and oxygen atoms in total. The largest absolute Gasteiger partial charge is 0.392 e. The third kappa shape index (κ3) is 4.23. The number of pyridine rings is 1. The highest BCUT2D eigenvalue weighted by molar-refractivity contribution is 6.03. The highest BCUT2D eigenvalue weighted by atomic mass is 16.3. The van der Waals surface area contributed by atoms with Crippen molar-refractivity contribution in [3.05, 3.63) is 84.1 Å². The van der Waals surface area contributed by atoms with Gasteiger partial charge in [0, 0.05) is 18.9 Å². The average molecular weight is 348 g/mol. The van der Waals surface area contributed by atoms with Crippen LogP contribution in [0.25, 0.3) is 5.57 Å². The first-order valence-electron chi connectivity index (χ1n) is 8.19. The molecule has 0 spiro atoms. The number of carbonyl (C=O) groups excluding carboxylic acids is 1. The van der Waals surface area contributed by atoms with Gasteiger partial charge in [0.1, 0.15) is 0 Å². The second kappa shape index (κ2) is 7.76. The third-order valence-electron chi connectivity index (χ3n) is 3.90. The number of aryl methyl sites for hydroxylation is 1. The molecule has 0 bridgehead atoms. The highest BCUT2D eigenvalue weighted by Gasteiger charge is 2.09. The van der Waals surface area contributed by atoms with Crippen molar-refractivity contribution < 1.29 is 9.90 Å². The van der Waals surface area contributed by atoms with Crippen LogP contribution in [0, 0.1) is 6.92 Å². The molecule has 2 heterocycles. The van der Waals surface area contributed by atoms with Gasteiger partial charge in [-0.3, -0.25) is 9.78 Å². The number of imidazole rings is 1. The first kappa shape index (κ1) is 17.6. The Morgan fingerprint density at radius 3 is 2.81 bits per heavy atom. The van der Waals surface area contributed by atoms with E-state index in [4.69, 9.17) is 5.11 Å². The number of nitrogens with one attached hydrogen (secondary N) is 1. The normalized spacial score (nSPS) is 10.5. The average Bonchev–Trinajstić information content (AvgIpc) is 3.08. The van der Waals surface area contributed by atoms with Crippen LogP contribution in [0.5, 0.6) is 0 Å². The highest BCUT2D eigenvalue weighted by Crippen LogP contribution is 2.12. The van der Waals surface area contributed by atoms with E-state index in [9.17, 15) is 4.79 Å². The van der Waals surface area contributed by atoms with Crippen molar-refractivity contribution in [2.75, 3.05) is 11.9 Å². The quantitative estimate of drug-likeness (QED) is 0.718. The number of amides is 1. The number of hydrogen-bond donors (Lipinski definition) is 2. The molecule has 2 aromatic heterocycles. The van der Waals surface area contributed by atoms with Crippen LogP contribution in [0.4, 0.5) is 5.82 Å². The smallest absolute Gasteiger partial charge is 0.258 e. The first-order valence-corrected chi connectivity index (χ1v) is 8.19. The summed E-state index contributed by atoms with van der Waals surface area (Å²) in [5, 5.41) is 11.8. The summed E-state index contributed by atoms with van der Waals surface area (Å²) in [5.41, 5.74) is 3.85. The Labute approximate surface area is 151 Å². The Hall–Kier alpha value is -3.25. The Bertz CT molecular complexity index is 929. The molecule has 3 rings (SSSR count). The molecule has 1 aromatic carbocycles. The van der Waals surface area contributed by atoms with Crippen LogP contribution >= 0.6 is 0 Å². The van der Waals surface area contributed by atoms with Crippen LogP contribution in [-0.2, 0) is 6.54 Å². The molecule has 2 N–H and O–H groups in total. The van der Waals surface area contributed by atoms with Crippen molar-refractivity contribution in [2.45, 2.75) is 13.5 Å². The monoisotopic (exact) mass is 348 g/mol. The fourth-order valence-corrected chi connectivity index (χ4v) is 2.54. The van der Waals surface area contributed by atoms with E-state index in [1.165, 1.54) is 17.3 Å². The van der Waals surface area contributed by atoms with Crippen molar-refractivity contribution in [3.8, 4) is 0 Å². The molecule has 3 aromatic rings. The van der Waals surface area contributed by atoms with Crippen LogP contribution in [0.3, 0.4) is 0 Å². The summed E-state index contributed by atoms with van der Waals surface area (Å²) in [7, 11) is 0. The van der Waals surface area contributed by atoms with Gasteiger partial charge in [-0.1, -0.05) is 36.4 Å². The fourth-order valence-electron chi connectivity index (χ4n) is 2.54. The van der Waals surface area contributed by atoms with Crippen LogP contribution in [0.15, 0.2) is 61.7 Å². The molecular weight excluding hydrogens is 328 g/mol. The van der Waals surface area contributed by atoms with Crippen molar-refractivity contribution >= 4 is 17.3 Å². The van der Waals surface area contributed by atoms with E-state index < -0.39 is 0 Å². The number of aromatic nitrogens is 3. The van der Waals surface area contributed by atoms with Gasteiger partial charge in [0.25, 0.3) is 5.91 Å². The summed E-state index contributed by atoms with van der Waals surface area (Å²) in [6.45, 7) is 6.27. The number of aliphatic hydroxyl groups excluding tert-OH is 1. The molecule has 0 unspecified atom stereocenters. The zero-order chi connectivity index (χ0) is 18.5. The van der Waals surface area contributed by atoms with Gasteiger partial charge in [0.05, 0.1) is 24.2 Å². The summed E-state index contributed by atoms with van der Waals surface area (Å²) in [5.74, 6) is 0.186. The molecule has 0 aliphatic carbocycles. The van der Waals surface area contributed by atoms with Crippen LogP contribution < -0.4 is 5.32 Å². The van der Waals surface area contributed by atoms with Crippen LogP contribution in [-0.4, -0.2) is 32.2 Å². The van der Waals surface area contributed by atoms with Crippen molar-refractivity contribution in [3.63, 3.8) is 0 Å². The summed E-state index contributed by atoms with van der Waals surface area (Å²) < 4.78 is 1.91. The van der Waals surface area contributed by atoms with E-state index in [-0.39, 0.29) is 12.5 Å². The van der Waals surface area contributed by atoms with Gasteiger partial charge >= 0.3 is 0 Å². The summed E-state index contributed by atoms with van der Waals surface area (Å²) in [6.07, 6.45) is 4.93. The molecule has 26 heavy (non-hydrogen) atoms. The number of carbonyl (C=O) groups is 1. The number of nitrogens with zero attached hydrogens (tertiary/aromatic N) is 3. The molecule has 6 heteroatoms. The lowest BCUT2D eigenvalue weighted by Crippen LogP contribution is -2.12. The number of hydrogen-bond acceptors (Lipinski definition) is 4. The van der Waals surface area contributed by atoms with Crippen molar-refractivity contribution in [1.29, 1.82) is 0 Å². The molecule has 0 aliphatic heterocycles. The Kier molecular flexibility index (Phi) is 5.24. The van der Waals surface area contributed by atoms with Gasteiger partial charge in [0.2, 0.25) is 0 Å². The zero-order valence-corrected chi connectivity index (χ0v) is 14.5. The predicted octanol–water partition coefficient (Wildman–Crippen LogP) is 2.89. The molecule has 132 valence electrons. The Morgan fingerprint density at radius 1 is 1.27 bits per heavy atom. The second-order valence-electron chi connectivity index (χ2n) is 6.07. The van der Waals surface area contributed by atoms with E-state index in [0.717, 1.165) is 0 Å². The maximum Gasteiger partial charge on any atom is 0.258 e. The Morgan fingerprint density at radius 2 is 2.12 bits per heavy atom. The lowest BCUT2D eigenvalue weighted by molar-refractivity contribution is 0.102. The molecule has 0 saturated carbocycles. The molecule has 0 radical (unpaired) electrons. The second-order valence-corrected chi connectivity index (χ2v) is 6.07. The van der Waals surface area contributed by atoms with E-state index >= 15 is 0 Å². The SMILES string of the molecule is C=C(CO)c1ccc(C(=O)Nc2cn(Cc3cccc(C)c3)cn2)cn1. The predicted molar refractivity (Wildman–Crippen MR) is 101 cm³/mol. The van der Waals surface area contributed by atoms with E-state index in [2.05, 4.69) is 47.0 Å². The minimum Gasteiger partial charge on any atom is -0.392 e. The lowest BCUT2D eigenvalue weighted by Gasteiger charge is -2.05. The van der Waals surface area contributed by atoms with Gasteiger partial charge in [0.15, 0.2) is 5.82 Å². The summed E-state index contributed by atoms with van der Waals surface area (Å²) in [6, 6.07) is 11.5. The summed E-state index contributed by atoms with van der Waals surface area (Å²) in [4.78, 5) is 20.7. The van der Waals surface area contributed by atoms with Crippen molar-refractivity contribution in [1.82, 2.24) is 14.5 Å². The van der Waals surface area contributed by atoms with E-state index in [1.807, 2.05) is 10.6 Å². The minimum absolute atomic E-state index is 0.170. The number of benzene rings is 1. The topological polar surface area (TPSA) is 80.0 Å². The molecule has 0 aliphatic rings. The zero-order valence-electron chi connectivity index (χ0n) is 14.5. The van der Waals surface area contributed by atoms with Gasteiger partial charge < -0.3 is 15.0 Å². The maximum atomic E-state index is 12.3. The van der Waals surface area contributed by atoms with Gasteiger partial charge in [-0.15, -0.1) is 0 Å². The third-order valence-corrected chi connectivity index (χ3v) is 3.90. The maximum absolute atomic E-state index is 12.3. The number of anilines is 1. The van der Waals surface area contributed by atoms with Gasteiger partial charge in [-0.25, -0.2) is 4.98 Å². The van der Waals surface area contributed by atoms with E-state index in [1.54, 1.807) is 24.7 Å². The Balaban J connectivity index is 1.65. The standard InChI is InChI=1S/C20H20N4O2/c1-14-4-3-5-16(8-14)10-24-11-19(22-13-24)23-20(26)17-6-7-18(21-9-17)15(2)12-25/h3-9,11,13,25H,2,10,12H2,1H3,(H,23,26). The lowest BCUT2D eigenvalue weighted by atomic mass is 10.1. The molecular formula is C20H20N4O2. The minimum atomic E-state index is -0.292. The van der Waals surface area contributed by atoms with Crippen LogP contribution in [0.1, 0.15) is 27.2 Å². The first-order chi connectivity index (χ1) is 12.5. The van der Waals surface area contributed by atoms with E-state index in [0.29, 0.717) is 29.2 Å².